The van der Waals surface area contributed by atoms with Crippen LogP contribution in [0.5, 0.6) is 0 Å². The minimum absolute atomic E-state index is 0.155. The van der Waals surface area contributed by atoms with Crippen LogP contribution >= 0.6 is 0 Å². The number of rotatable bonds is 3. The second kappa shape index (κ2) is 5.64. The van der Waals surface area contributed by atoms with Gasteiger partial charge in [-0.15, -0.1) is 0 Å². The number of anilines is 1. The van der Waals surface area contributed by atoms with E-state index in [0.717, 1.165) is 12.1 Å². The number of aromatic nitrogens is 1. The number of nitrogen functional groups attached to an aromatic ring is 1. The summed E-state index contributed by atoms with van der Waals surface area (Å²) >= 11 is 0. The third-order valence-corrected chi connectivity index (χ3v) is 2.76. The molecule has 0 unspecified atom stereocenters. The molecule has 0 atom stereocenters. The van der Waals surface area contributed by atoms with Crippen molar-refractivity contribution >= 4 is 11.6 Å². The number of carbonyl (C=O) groups is 1. The molecule has 0 fully saturated rings. The minimum atomic E-state index is -0.936. The van der Waals surface area contributed by atoms with Gasteiger partial charge in [0.1, 0.15) is 5.69 Å². The predicted molar refractivity (Wildman–Crippen MR) is 70.8 cm³/mol. The van der Waals surface area contributed by atoms with Crippen molar-refractivity contribution in [1.82, 2.24) is 9.88 Å². The van der Waals surface area contributed by atoms with Gasteiger partial charge in [-0.3, -0.25) is 4.79 Å². The second-order valence-electron chi connectivity index (χ2n) is 4.39. The summed E-state index contributed by atoms with van der Waals surface area (Å²) in [5.74, 6) is -2.17. The summed E-state index contributed by atoms with van der Waals surface area (Å²) in [4.78, 5) is 17.4. The van der Waals surface area contributed by atoms with Crippen LogP contribution in [0.3, 0.4) is 0 Å². The van der Waals surface area contributed by atoms with Gasteiger partial charge in [-0.05, 0) is 29.8 Å². The fourth-order valence-electron chi connectivity index (χ4n) is 1.71. The zero-order valence-electron chi connectivity index (χ0n) is 10.8. The third kappa shape index (κ3) is 3.09. The number of halogens is 2. The molecular weight excluding hydrogens is 264 g/mol. The first kappa shape index (κ1) is 13.9. The van der Waals surface area contributed by atoms with Gasteiger partial charge >= 0.3 is 0 Å². The molecular formula is C14H13F2N3O. The lowest BCUT2D eigenvalue weighted by Gasteiger charge is -2.17. The highest BCUT2D eigenvalue weighted by Gasteiger charge is 2.14. The Morgan fingerprint density at radius 2 is 2.00 bits per heavy atom. The number of nitrogens with two attached hydrogens (primary N) is 1. The summed E-state index contributed by atoms with van der Waals surface area (Å²) in [6.45, 7) is 0.155. The van der Waals surface area contributed by atoms with Gasteiger partial charge in [-0.1, -0.05) is 6.07 Å². The molecule has 1 heterocycles. The molecule has 0 saturated heterocycles. The van der Waals surface area contributed by atoms with E-state index < -0.39 is 11.6 Å². The molecule has 0 radical (unpaired) electrons. The van der Waals surface area contributed by atoms with E-state index in [1.54, 1.807) is 13.1 Å². The van der Waals surface area contributed by atoms with Gasteiger partial charge in [0, 0.05) is 13.6 Å². The molecule has 0 aliphatic rings. The topological polar surface area (TPSA) is 59.2 Å². The molecule has 1 aromatic carbocycles. The number of benzene rings is 1. The minimum Gasteiger partial charge on any atom is -0.397 e. The molecule has 1 amide bonds. The Labute approximate surface area is 114 Å². The van der Waals surface area contributed by atoms with Gasteiger partial charge in [0.05, 0.1) is 11.9 Å². The van der Waals surface area contributed by atoms with Crippen LogP contribution in [0, 0.1) is 11.6 Å². The van der Waals surface area contributed by atoms with E-state index in [4.69, 9.17) is 5.73 Å². The maximum atomic E-state index is 13.1. The maximum Gasteiger partial charge on any atom is 0.272 e. The number of pyridine rings is 1. The van der Waals surface area contributed by atoms with E-state index in [9.17, 15) is 13.6 Å². The molecule has 0 saturated carbocycles. The molecule has 2 N–H and O–H groups in total. The van der Waals surface area contributed by atoms with E-state index in [2.05, 4.69) is 4.98 Å². The second-order valence-corrected chi connectivity index (χ2v) is 4.39. The maximum absolute atomic E-state index is 13.1. The molecule has 0 aliphatic carbocycles. The molecule has 104 valence electrons. The van der Waals surface area contributed by atoms with Crippen molar-refractivity contribution in [2.45, 2.75) is 6.54 Å². The Kier molecular flexibility index (Phi) is 3.93. The zero-order chi connectivity index (χ0) is 14.7. The number of nitrogens with zero attached hydrogens (tertiary/aromatic N) is 2. The van der Waals surface area contributed by atoms with Crippen LogP contribution in [0.25, 0.3) is 0 Å². The van der Waals surface area contributed by atoms with Crippen LogP contribution in [0.2, 0.25) is 0 Å². The smallest absolute Gasteiger partial charge is 0.272 e. The summed E-state index contributed by atoms with van der Waals surface area (Å²) in [7, 11) is 1.56. The van der Waals surface area contributed by atoms with Gasteiger partial charge in [0.15, 0.2) is 11.6 Å². The van der Waals surface area contributed by atoms with Crippen molar-refractivity contribution in [3.05, 3.63) is 59.4 Å². The first-order chi connectivity index (χ1) is 9.47. The van der Waals surface area contributed by atoms with Crippen LogP contribution in [0.1, 0.15) is 16.1 Å². The summed E-state index contributed by atoms with van der Waals surface area (Å²) < 4.78 is 25.9. The Balaban J connectivity index is 2.11. The Morgan fingerprint density at radius 1 is 1.25 bits per heavy atom. The standard InChI is InChI=1S/C14H13F2N3O/c1-19(8-9-2-4-11(15)12(16)6-9)14(20)13-5-3-10(17)7-18-13/h2-7H,8,17H2,1H3. The lowest BCUT2D eigenvalue weighted by Crippen LogP contribution is -2.27. The van der Waals surface area contributed by atoms with E-state index >= 15 is 0 Å². The molecule has 0 spiro atoms. The van der Waals surface area contributed by atoms with E-state index in [1.165, 1.54) is 23.2 Å². The van der Waals surface area contributed by atoms with Crippen LogP contribution in [-0.4, -0.2) is 22.8 Å². The van der Waals surface area contributed by atoms with E-state index in [-0.39, 0.29) is 18.1 Å². The van der Waals surface area contributed by atoms with E-state index in [0.29, 0.717) is 11.3 Å². The van der Waals surface area contributed by atoms with Gasteiger partial charge < -0.3 is 10.6 Å². The predicted octanol–water partition coefficient (Wildman–Crippen LogP) is 2.21. The largest absolute Gasteiger partial charge is 0.397 e. The molecule has 0 bridgehead atoms. The third-order valence-electron chi connectivity index (χ3n) is 2.76. The molecule has 0 aliphatic heterocycles. The highest BCUT2D eigenvalue weighted by molar-refractivity contribution is 5.92. The zero-order valence-corrected chi connectivity index (χ0v) is 10.8. The van der Waals surface area contributed by atoms with Crippen molar-refractivity contribution < 1.29 is 13.6 Å². The molecule has 6 heteroatoms. The van der Waals surface area contributed by atoms with E-state index in [1.807, 2.05) is 0 Å². The van der Waals surface area contributed by atoms with Crippen LogP contribution in [0.4, 0.5) is 14.5 Å². The van der Waals surface area contributed by atoms with Gasteiger partial charge in [-0.25, -0.2) is 13.8 Å². The molecule has 20 heavy (non-hydrogen) atoms. The molecule has 4 nitrogen and oxygen atoms in total. The van der Waals surface area contributed by atoms with Gasteiger partial charge in [0.25, 0.3) is 5.91 Å². The number of hydrogen-bond acceptors (Lipinski definition) is 3. The van der Waals surface area contributed by atoms with Crippen molar-refractivity contribution in [3.63, 3.8) is 0 Å². The highest BCUT2D eigenvalue weighted by Crippen LogP contribution is 2.12. The molecule has 2 rings (SSSR count). The quantitative estimate of drug-likeness (QED) is 0.935. The SMILES string of the molecule is CN(Cc1ccc(F)c(F)c1)C(=O)c1ccc(N)cn1. The lowest BCUT2D eigenvalue weighted by atomic mass is 10.2. The average molecular weight is 277 g/mol. The summed E-state index contributed by atoms with van der Waals surface area (Å²) in [5.41, 5.74) is 6.69. The Bertz CT molecular complexity index is 629. The number of amides is 1. The normalized spacial score (nSPS) is 10.3. The molecule has 2 aromatic rings. The van der Waals surface area contributed by atoms with Crippen LogP contribution < -0.4 is 5.73 Å². The van der Waals surface area contributed by atoms with Crippen molar-refractivity contribution in [1.29, 1.82) is 0 Å². The van der Waals surface area contributed by atoms with Crippen LogP contribution in [-0.2, 0) is 6.54 Å². The Morgan fingerprint density at radius 3 is 2.60 bits per heavy atom. The molecule has 1 aromatic heterocycles. The first-order valence-electron chi connectivity index (χ1n) is 5.88. The number of carbonyl (C=O) groups excluding carboxylic acids is 1. The lowest BCUT2D eigenvalue weighted by molar-refractivity contribution is 0.0779. The van der Waals surface area contributed by atoms with Crippen LogP contribution in [0.15, 0.2) is 36.5 Å². The van der Waals surface area contributed by atoms with Crippen molar-refractivity contribution in [2.75, 3.05) is 12.8 Å². The van der Waals surface area contributed by atoms with Crippen molar-refractivity contribution in [2.24, 2.45) is 0 Å². The van der Waals surface area contributed by atoms with Gasteiger partial charge in [-0.2, -0.15) is 0 Å². The summed E-state index contributed by atoms with van der Waals surface area (Å²) in [6, 6.07) is 6.61. The monoisotopic (exact) mass is 277 g/mol. The Hall–Kier alpha value is -2.50. The van der Waals surface area contributed by atoms with Crippen molar-refractivity contribution in [3.8, 4) is 0 Å². The first-order valence-corrected chi connectivity index (χ1v) is 5.88. The van der Waals surface area contributed by atoms with Gasteiger partial charge in [0.2, 0.25) is 0 Å². The summed E-state index contributed by atoms with van der Waals surface area (Å²) in [6.07, 6.45) is 1.39. The fraction of sp³-hybridized carbons (Fsp3) is 0.143. The highest BCUT2D eigenvalue weighted by atomic mass is 19.2. The fourth-order valence-corrected chi connectivity index (χ4v) is 1.71. The number of hydrogen-bond donors (Lipinski definition) is 1. The average Bonchev–Trinajstić information content (AvgIpc) is 2.43. The summed E-state index contributed by atoms with van der Waals surface area (Å²) in [5, 5.41) is 0.